The molecule has 0 aromatic carbocycles. The third kappa shape index (κ3) is 3.62. The summed E-state index contributed by atoms with van der Waals surface area (Å²) in [5.74, 6) is 0. The number of rotatable bonds is 6. The van der Waals surface area contributed by atoms with E-state index in [4.69, 9.17) is 0 Å². The molecule has 7 heteroatoms. The minimum Gasteiger partial charge on any atom is -0.219 e. The van der Waals surface area contributed by atoms with Crippen LogP contribution in [0.5, 0.6) is 0 Å². The largest absolute Gasteiger partial charge is 0.435 e. The Morgan fingerprint density at radius 1 is 0.833 bits per heavy atom. The Morgan fingerprint density at radius 3 is 1.61 bits per heavy atom. The molecule has 0 aliphatic heterocycles. The van der Waals surface area contributed by atoms with Gasteiger partial charge in [0, 0.05) is 0 Å². The predicted octanol–water partition coefficient (Wildman–Crippen LogP) is 5.35. The Labute approximate surface area is 101 Å². The lowest BCUT2D eigenvalue weighted by molar-refractivity contribution is -0.326. The summed E-state index contributed by atoms with van der Waals surface area (Å²) < 4.78 is 87.0. The number of alkyl halides is 7. The van der Waals surface area contributed by atoms with Gasteiger partial charge in [0.15, 0.2) is 0 Å². The topological polar surface area (TPSA) is 0 Å². The van der Waals surface area contributed by atoms with Crippen LogP contribution in [0.1, 0.15) is 39.0 Å². The zero-order valence-corrected chi connectivity index (χ0v) is 9.89. The van der Waals surface area contributed by atoms with Crippen LogP contribution >= 0.6 is 0 Å². The minimum atomic E-state index is -6.03. The van der Waals surface area contributed by atoms with Gasteiger partial charge in [0.2, 0.25) is 0 Å². The molecule has 0 unspecified atom stereocenters. The van der Waals surface area contributed by atoms with Crippen LogP contribution in [0.25, 0.3) is 0 Å². The van der Waals surface area contributed by atoms with Crippen molar-refractivity contribution in [3.05, 3.63) is 12.2 Å². The van der Waals surface area contributed by atoms with Gasteiger partial charge >= 0.3 is 18.0 Å². The Balaban J connectivity index is 4.86. The van der Waals surface area contributed by atoms with Crippen LogP contribution in [-0.2, 0) is 0 Å². The van der Waals surface area contributed by atoms with Crippen LogP contribution in [-0.4, -0.2) is 18.0 Å². The maximum atomic E-state index is 13.4. The molecule has 0 spiro atoms. The molecule has 0 saturated heterocycles. The fraction of sp³-hybridized carbons (Fsp3) is 0.818. The zero-order valence-electron chi connectivity index (χ0n) is 9.89. The monoisotopic (exact) mass is 280 g/mol. The molecule has 0 fully saturated rings. The van der Waals surface area contributed by atoms with Crippen molar-refractivity contribution in [1.82, 2.24) is 0 Å². The van der Waals surface area contributed by atoms with E-state index >= 15 is 0 Å². The fourth-order valence-electron chi connectivity index (χ4n) is 1.50. The second-order valence-electron chi connectivity index (χ2n) is 4.07. The Kier molecular flexibility index (Phi) is 5.68. The lowest BCUT2D eigenvalue weighted by Crippen LogP contribution is -2.54. The molecule has 0 N–H and O–H groups in total. The van der Waals surface area contributed by atoms with Crippen molar-refractivity contribution < 1.29 is 30.7 Å². The zero-order chi connectivity index (χ0) is 14.6. The van der Waals surface area contributed by atoms with E-state index in [1.807, 2.05) is 6.92 Å². The standard InChI is InChI=1S/C11H15F7/c1-3-4-5-6-7-8(2)9(12,10(13,14)15)11(16,17)18/h2-7H2,1H3. The van der Waals surface area contributed by atoms with Gasteiger partial charge in [0.05, 0.1) is 0 Å². The molecule has 0 radical (unpaired) electrons. The van der Waals surface area contributed by atoms with Crippen LogP contribution in [0.15, 0.2) is 12.2 Å². The number of unbranched alkanes of at least 4 members (excludes halogenated alkanes) is 3. The van der Waals surface area contributed by atoms with Crippen molar-refractivity contribution in [3.63, 3.8) is 0 Å². The summed E-state index contributed by atoms with van der Waals surface area (Å²) in [4.78, 5) is 0. The van der Waals surface area contributed by atoms with Gasteiger partial charge in [0.25, 0.3) is 0 Å². The van der Waals surface area contributed by atoms with E-state index < -0.39 is 30.0 Å². The number of hydrogen-bond donors (Lipinski definition) is 0. The molecule has 0 aromatic heterocycles. The highest BCUT2D eigenvalue weighted by molar-refractivity contribution is 5.20. The first-order valence-electron chi connectivity index (χ1n) is 5.49. The van der Waals surface area contributed by atoms with Crippen LogP contribution < -0.4 is 0 Å². The van der Waals surface area contributed by atoms with E-state index in [0.29, 0.717) is 12.8 Å². The summed E-state index contributed by atoms with van der Waals surface area (Å²) >= 11 is 0. The molecule has 0 rings (SSSR count). The Bertz CT molecular complexity index is 260. The van der Waals surface area contributed by atoms with Crippen molar-refractivity contribution in [2.75, 3.05) is 0 Å². The summed E-state index contributed by atoms with van der Waals surface area (Å²) in [7, 11) is 0. The van der Waals surface area contributed by atoms with Crippen LogP contribution in [0.2, 0.25) is 0 Å². The number of hydrogen-bond acceptors (Lipinski definition) is 0. The third-order valence-corrected chi connectivity index (χ3v) is 2.60. The van der Waals surface area contributed by atoms with Crippen LogP contribution in [0, 0.1) is 0 Å². The number of halogens is 7. The summed E-state index contributed by atoms with van der Waals surface area (Å²) in [5.41, 5.74) is -6.79. The average molecular weight is 280 g/mol. The average Bonchev–Trinajstić information content (AvgIpc) is 2.19. The molecule has 0 bridgehead atoms. The molecule has 108 valence electrons. The lowest BCUT2D eigenvalue weighted by Gasteiger charge is -2.31. The van der Waals surface area contributed by atoms with Gasteiger partial charge in [-0.15, -0.1) is 0 Å². The second-order valence-corrected chi connectivity index (χ2v) is 4.07. The van der Waals surface area contributed by atoms with Gasteiger partial charge in [-0.3, -0.25) is 0 Å². The van der Waals surface area contributed by atoms with E-state index in [9.17, 15) is 30.7 Å². The molecule has 18 heavy (non-hydrogen) atoms. The van der Waals surface area contributed by atoms with E-state index in [-0.39, 0.29) is 6.42 Å². The summed E-state index contributed by atoms with van der Waals surface area (Å²) in [6.07, 6.45) is -10.8. The highest BCUT2D eigenvalue weighted by Gasteiger charge is 2.73. The van der Waals surface area contributed by atoms with Crippen molar-refractivity contribution in [2.24, 2.45) is 0 Å². The molecule has 0 heterocycles. The predicted molar refractivity (Wildman–Crippen MR) is 53.8 cm³/mol. The minimum absolute atomic E-state index is 0.0600. The molecule has 0 aromatic rings. The van der Waals surface area contributed by atoms with E-state index in [1.54, 1.807) is 0 Å². The van der Waals surface area contributed by atoms with E-state index in [0.717, 1.165) is 6.42 Å². The van der Waals surface area contributed by atoms with Crippen LogP contribution in [0.3, 0.4) is 0 Å². The van der Waals surface area contributed by atoms with Gasteiger partial charge in [0.1, 0.15) is 0 Å². The van der Waals surface area contributed by atoms with Gasteiger partial charge < -0.3 is 0 Å². The first-order valence-corrected chi connectivity index (χ1v) is 5.49. The summed E-state index contributed by atoms with van der Waals surface area (Å²) in [5, 5.41) is 0. The third-order valence-electron chi connectivity index (χ3n) is 2.60. The molecule has 0 nitrogen and oxygen atoms in total. The molecule has 0 saturated carbocycles. The first-order chi connectivity index (χ1) is 7.98. The van der Waals surface area contributed by atoms with Crippen molar-refractivity contribution >= 4 is 0 Å². The molecular weight excluding hydrogens is 265 g/mol. The Hall–Kier alpha value is -0.750. The highest BCUT2D eigenvalue weighted by atomic mass is 19.4. The maximum Gasteiger partial charge on any atom is 0.435 e. The quantitative estimate of drug-likeness (QED) is 0.349. The SMILES string of the molecule is C=C(CCCCCC)C(F)(C(F)(F)F)C(F)(F)F. The molecule has 0 amide bonds. The molecule has 0 atom stereocenters. The van der Waals surface area contributed by atoms with Crippen molar-refractivity contribution in [3.8, 4) is 0 Å². The van der Waals surface area contributed by atoms with Gasteiger partial charge in [-0.1, -0.05) is 32.8 Å². The maximum absolute atomic E-state index is 13.4. The smallest absolute Gasteiger partial charge is 0.219 e. The van der Waals surface area contributed by atoms with Crippen molar-refractivity contribution in [2.45, 2.75) is 57.0 Å². The molecule has 0 aliphatic rings. The summed E-state index contributed by atoms with van der Waals surface area (Å²) in [6.45, 7) is 4.48. The van der Waals surface area contributed by atoms with Gasteiger partial charge in [-0.05, 0) is 18.4 Å². The van der Waals surface area contributed by atoms with E-state index in [1.165, 1.54) is 0 Å². The first kappa shape index (κ1) is 17.2. The van der Waals surface area contributed by atoms with Crippen molar-refractivity contribution in [1.29, 1.82) is 0 Å². The lowest BCUT2D eigenvalue weighted by atomic mass is 9.91. The second kappa shape index (κ2) is 5.93. The fourth-order valence-corrected chi connectivity index (χ4v) is 1.50. The summed E-state index contributed by atoms with van der Waals surface area (Å²) in [6, 6.07) is 0. The molecule has 0 aliphatic carbocycles. The van der Waals surface area contributed by atoms with Gasteiger partial charge in [-0.25, -0.2) is 4.39 Å². The molecular formula is C11H15F7. The normalized spacial score (nSPS) is 13.8. The van der Waals surface area contributed by atoms with E-state index in [2.05, 4.69) is 6.58 Å². The van der Waals surface area contributed by atoms with Gasteiger partial charge in [-0.2, -0.15) is 26.3 Å². The highest BCUT2D eigenvalue weighted by Crippen LogP contribution is 2.51. The Morgan fingerprint density at radius 2 is 1.28 bits per heavy atom. The number of allylic oxidation sites excluding steroid dienone is 1. The van der Waals surface area contributed by atoms with Crippen LogP contribution in [0.4, 0.5) is 30.7 Å².